The summed E-state index contributed by atoms with van der Waals surface area (Å²) >= 11 is 0. The second-order valence-electron chi connectivity index (χ2n) is 5.73. The summed E-state index contributed by atoms with van der Waals surface area (Å²) in [4.78, 5) is 6.43. The zero-order valence-corrected chi connectivity index (χ0v) is 13.5. The fourth-order valence-corrected chi connectivity index (χ4v) is 2.68. The van der Waals surface area contributed by atoms with Crippen molar-refractivity contribution in [2.24, 2.45) is 16.6 Å². The van der Waals surface area contributed by atoms with Gasteiger partial charge in [-0.15, -0.1) is 0 Å². The topological polar surface area (TPSA) is 60.1 Å². The number of hydrogen-bond donors (Lipinski definition) is 1. The number of guanidine groups is 1. The highest BCUT2D eigenvalue weighted by Crippen LogP contribution is 2.29. The van der Waals surface area contributed by atoms with Crippen molar-refractivity contribution in [1.29, 1.82) is 0 Å². The average molecular weight is 327 g/mol. The summed E-state index contributed by atoms with van der Waals surface area (Å²) in [6, 6.07) is 4.84. The Morgan fingerprint density at radius 1 is 1.43 bits per heavy atom. The van der Waals surface area contributed by atoms with Crippen LogP contribution in [0.4, 0.5) is 8.78 Å². The Morgan fingerprint density at radius 2 is 2.22 bits per heavy atom. The van der Waals surface area contributed by atoms with Gasteiger partial charge in [0.1, 0.15) is 0 Å². The Kier molecular flexibility index (Phi) is 6.01. The van der Waals surface area contributed by atoms with Crippen LogP contribution in [0.1, 0.15) is 25.3 Å². The van der Waals surface area contributed by atoms with Crippen LogP contribution in [0.5, 0.6) is 11.5 Å². The molecule has 1 fully saturated rings. The van der Waals surface area contributed by atoms with Crippen molar-refractivity contribution in [3.05, 3.63) is 23.8 Å². The lowest BCUT2D eigenvalue weighted by Gasteiger charge is -2.31. The summed E-state index contributed by atoms with van der Waals surface area (Å²) in [6.07, 6.45) is 2.31. The molecular weight excluding hydrogens is 304 g/mol. The van der Waals surface area contributed by atoms with Gasteiger partial charge in [-0.2, -0.15) is 8.78 Å². The molecule has 1 aromatic rings. The number of benzene rings is 1. The van der Waals surface area contributed by atoms with Crippen LogP contribution >= 0.6 is 0 Å². The van der Waals surface area contributed by atoms with Gasteiger partial charge in [0, 0.05) is 13.1 Å². The van der Waals surface area contributed by atoms with Crippen LogP contribution in [-0.4, -0.2) is 37.7 Å². The van der Waals surface area contributed by atoms with Crippen molar-refractivity contribution in [3.8, 4) is 11.5 Å². The molecule has 1 atom stereocenters. The number of aliphatic imine (C=N–C) groups is 1. The molecule has 5 nitrogen and oxygen atoms in total. The number of likely N-dealkylation sites (tertiary alicyclic amines) is 1. The number of rotatable bonds is 5. The summed E-state index contributed by atoms with van der Waals surface area (Å²) in [5.41, 5.74) is 6.76. The van der Waals surface area contributed by atoms with Gasteiger partial charge in [-0.05, 0) is 36.5 Å². The molecule has 128 valence electrons. The maximum Gasteiger partial charge on any atom is 0.387 e. The molecule has 1 aliphatic rings. The molecule has 0 aromatic heterocycles. The number of methoxy groups -OCH3 is 1. The first-order valence-corrected chi connectivity index (χ1v) is 7.66. The third-order valence-electron chi connectivity index (χ3n) is 3.85. The van der Waals surface area contributed by atoms with Crippen molar-refractivity contribution in [2.75, 3.05) is 20.2 Å². The predicted octanol–water partition coefficient (Wildman–Crippen LogP) is 2.84. The minimum absolute atomic E-state index is 0.000339. The van der Waals surface area contributed by atoms with Gasteiger partial charge < -0.3 is 20.1 Å². The maximum atomic E-state index is 12.4. The van der Waals surface area contributed by atoms with E-state index in [1.54, 1.807) is 12.1 Å². The largest absolute Gasteiger partial charge is 0.493 e. The van der Waals surface area contributed by atoms with E-state index in [9.17, 15) is 8.78 Å². The second kappa shape index (κ2) is 7.99. The minimum atomic E-state index is -2.90. The van der Waals surface area contributed by atoms with Crippen LogP contribution in [0, 0.1) is 5.92 Å². The summed E-state index contributed by atoms with van der Waals surface area (Å²) in [5, 5.41) is 0. The summed E-state index contributed by atoms with van der Waals surface area (Å²) in [5.74, 6) is 1.35. The molecule has 1 aromatic carbocycles. The van der Waals surface area contributed by atoms with Gasteiger partial charge in [-0.1, -0.05) is 13.0 Å². The normalized spacial score (nSPS) is 19.1. The van der Waals surface area contributed by atoms with Crippen molar-refractivity contribution in [3.63, 3.8) is 0 Å². The van der Waals surface area contributed by atoms with Gasteiger partial charge in [0.05, 0.1) is 13.7 Å². The number of hydrogen-bond acceptors (Lipinski definition) is 3. The summed E-state index contributed by atoms with van der Waals surface area (Å²) < 4.78 is 34.3. The van der Waals surface area contributed by atoms with E-state index in [1.165, 1.54) is 19.6 Å². The molecule has 0 radical (unpaired) electrons. The van der Waals surface area contributed by atoms with E-state index in [0.29, 0.717) is 18.4 Å². The summed E-state index contributed by atoms with van der Waals surface area (Å²) in [7, 11) is 1.40. The van der Waals surface area contributed by atoms with Crippen LogP contribution in [0.3, 0.4) is 0 Å². The Labute approximate surface area is 135 Å². The van der Waals surface area contributed by atoms with Gasteiger partial charge in [-0.25, -0.2) is 4.99 Å². The minimum Gasteiger partial charge on any atom is -0.493 e. The fraction of sp³-hybridized carbons (Fsp3) is 0.562. The predicted molar refractivity (Wildman–Crippen MR) is 84.9 cm³/mol. The van der Waals surface area contributed by atoms with Crippen molar-refractivity contribution in [1.82, 2.24) is 4.90 Å². The van der Waals surface area contributed by atoms with Crippen LogP contribution < -0.4 is 15.2 Å². The first-order chi connectivity index (χ1) is 11.0. The molecule has 23 heavy (non-hydrogen) atoms. The number of nitrogens with zero attached hydrogens (tertiary/aromatic N) is 2. The molecule has 7 heteroatoms. The Balaban J connectivity index is 2.05. The van der Waals surface area contributed by atoms with E-state index < -0.39 is 6.61 Å². The molecule has 0 amide bonds. The number of nitrogens with two attached hydrogens (primary N) is 1. The highest BCUT2D eigenvalue weighted by Gasteiger charge is 2.17. The second-order valence-corrected chi connectivity index (χ2v) is 5.73. The summed E-state index contributed by atoms with van der Waals surface area (Å²) in [6.45, 7) is 1.40. The lowest BCUT2D eigenvalue weighted by Crippen LogP contribution is -2.43. The van der Waals surface area contributed by atoms with Crippen molar-refractivity contribution in [2.45, 2.75) is 32.9 Å². The number of ether oxygens (including phenoxy) is 2. The van der Waals surface area contributed by atoms with Crippen LogP contribution in [0.15, 0.2) is 23.2 Å². The molecule has 1 unspecified atom stereocenters. The average Bonchev–Trinajstić information content (AvgIpc) is 2.52. The zero-order chi connectivity index (χ0) is 16.8. The third kappa shape index (κ3) is 4.97. The number of halogens is 2. The molecule has 0 aliphatic carbocycles. The van der Waals surface area contributed by atoms with Crippen molar-refractivity contribution >= 4 is 5.96 Å². The van der Waals surface area contributed by atoms with E-state index in [2.05, 4.69) is 21.6 Å². The van der Waals surface area contributed by atoms with Gasteiger partial charge in [0.25, 0.3) is 0 Å². The first-order valence-electron chi connectivity index (χ1n) is 7.66. The smallest absolute Gasteiger partial charge is 0.387 e. The highest BCUT2D eigenvalue weighted by atomic mass is 19.3. The third-order valence-corrected chi connectivity index (χ3v) is 3.85. The van der Waals surface area contributed by atoms with E-state index in [4.69, 9.17) is 10.5 Å². The van der Waals surface area contributed by atoms with E-state index in [0.717, 1.165) is 25.1 Å². The quantitative estimate of drug-likeness (QED) is 0.667. The molecule has 1 heterocycles. The van der Waals surface area contributed by atoms with Gasteiger partial charge in [-0.3, -0.25) is 0 Å². The van der Waals surface area contributed by atoms with E-state index >= 15 is 0 Å². The Bertz CT molecular complexity index is 552. The standard InChI is InChI=1S/C16H23F2N3O2/c1-11-4-3-7-21(10-11)16(19)20-9-12-5-6-13(22-2)14(8-12)23-15(17)18/h5-6,8,11,15H,3-4,7,9-10H2,1-2H3,(H2,19,20). The Hall–Kier alpha value is -2.05. The van der Waals surface area contributed by atoms with Gasteiger partial charge in [0.2, 0.25) is 0 Å². The van der Waals surface area contributed by atoms with Crippen LogP contribution in [0.2, 0.25) is 0 Å². The van der Waals surface area contributed by atoms with E-state index in [-0.39, 0.29) is 11.5 Å². The molecule has 2 rings (SSSR count). The Morgan fingerprint density at radius 3 is 2.87 bits per heavy atom. The first kappa shape index (κ1) is 17.3. The monoisotopic (exact) mass is 327 g/mol. The molecule has 1 saturated heterocycles. The van der Waals surface area contributed by atoms with Gasteiger partial charge >= 0.3 is 6.61 Å². The lowest BCUT2D eigenvalue weighted by molar-refractivity contribution is -0.0512. The SMILES string of the molecule is COc1ccc(CN=C(N)N2CCCC(C)C2)cc1OC(F)F. The lowest BCUT2D eigenvalue weighted by atomic mass is 10.0. The van der Waals surface area contributed by atoms with Crippen molar-refractivity contribution < 1.29 is 18.3 Å². The van der Waals surface area contributed by atoms with E-state index in [1.807, 2.05) is 0 Å². The maximum absolute atomic E-state index is 12.4. The fourth-order valence-electron chi connectivity index (χ4n) is 2.68. The number of alkyl halides is 2. The molecule has 1 aliphatic heterocycles. The number of piperidine rings is 1. The molecule has 2 N–H and O–H groups in total. The van der Waals surface area contributed by atoms with Crippen LogP contribution in [0.25, 0.3) is 0 Å². The van der Waals surface area contributed by atoms with Gasteiger partial charge in [0.15, 0.2) is 17.5 Å². The zero-order valence-electron chi connectivity index (χ0n) is 13.5. The molecule has 0 saturated carbocycles. The molecular formula is C16H23F2N3O2. The molecule has 0 bridgehead atoms. The van der Waals surface area contributed by atoms with Crippen LogP contribution in [-0.2, 0) is 6.54 Å². The highest BCUT2D eigenvalue weighted by molar-refractivity contribution is 5.78. The molecule has 0 spiro atoms.